The summed E-state index contributed by atoms with van der Waals surface area (Å²) in [6.07, 6.45) is 0. The van der Waals surface area contributed by atoms with E-state index in [1.807, 2.05) is 24.3 Å². The summed E-state index contributed by atoms with van der Waals surface area (Å²) in [5.41, 5.74) is 0.276. The van der Waals surface area contributed by atoms with Crippen molar-refractivity contribution in [3.63, 3.8) is 0 Å². The number of hydrogen-bond donors (Lipinski definition) is 1. The van der Waals surface area contributed by atoms with Crippen LogP contribution in [0, 0.1) is 17.0 Å². The summed E-state index contributed by atoms with van der Waals surface area (Å²) in [7, 11) is 0. The van der Waals surface area contributed by atoms with E-state index in [0.717, 1.165) is 10.2 Å². The zero-order valence-corrected chi connectivity index (χ0v) is 16.5. The van der Waals surface area contributed by atoms with Gasteiger partial charge in [-0.05, 0) is 25.1 Å². The van der Waals surface area contributed by atoms with Gasteiger partial charge in [-0.3, -0.25) is 19.7 Å². The number of nitro benzene ring substituents is 1. The van der Waals surface area contributed by atoms with Gasteiger partial charge in [-0.15, -0.1) is 11.3 Å². The van der Waals surface area contributed by atoms with Crippen molar-refractivity contribution in [2.24, 2.45) is 0 Å². The molecule has 4 aromatic rings. The number of benzene rings is 2. The van der Waals surface area contributed by atoms with Gasteiger partial charge in [-0.25, -0.2) is 9.67 Å². The number of amides is 1. The van der Waals surface area contributed by atoms with Crippen LogP contribution < -0.4 is 10.7 Å². The van der Waals surface area contributed by atoms with Crippen molar-refractivity contribution in [1.29, 1.82) is 0 Å². The largest absolute Gasteiger partial charge is 0.344 e. The minimum Gasteiger partial charge on any atom is -0.344 e. The van der Waals surface area contributed by atoms with E-state index in [1.54, 1.807) is 13.0 Å². The SMILES string of the molecule is Cc1cc(=O)c(C(=O)NCc2nc3ccccc3s2)nn1-c1ccccc1[N+](=O)[O-]. The van der Waals surface area contributed by atoms with Gasteiger partial charge in [-0.2, -0.15) is 5.10 Å². The highest BCUT2D eigenvalue weighted by atomic mass is 32.1. The zero-order chi connectivity index (χ0) is 21.3. The lowest BCUT2D eigenvalue weighted by molar-refractivity contribution is -0.384. The molecule has 0 bridgehead atoms. The summed E-state index contributed by atoms with van der Waals surface area (Å²) < 4.78 is 2.22. The predicted octanol–water partition coefficient (Wildman–Crippen LogP) is 2.99. The molecule has 150 valence electrons. The number of nitro groups is 1. The van der Waals surface area contributed by atoms with Crippen molar-refractivity contribution in [3.05, 3.63) is 91.3 Å². The van der Waals surface area contributed by atoms with Crippen LogP contribution in [0.1, 0.15) is 21.2 Å². The monoisotopic (exact) mass is 421 g/mol. The average Bonchev–Trinajstić information content (AvgIpc) is 3.15. The molecule has 30 heavy (non-hydrogen) atoms. The minimum atomic E-state index is -0.674. The van der Waals surface area contributed by atoms with Crippen molar-refractivity contribution in [1.82, 2.24) is 20.1 Å². The fourth-order valence-corrected chi connectivity index (χ4v) is 3.89. The highest BCUT2D eigenvalue weighted by Gasteiger charge is 2.20. The number of nitrogens with zero attached hydrogens (tertiary/aromatic N) is 4. The first-order valence-corrected chi connectivity index (χ1v) is 9.73. The van der Waals surface area contributed by atoms with Gasteiger partial charge in [0.15, 0.2) is 5.69 Å². The fourth-order valence-electron chi connectivity index (χ4n) is 2.98. The summed E-state index contributed by atoms with van der Waals surface area (Å²) in [5.74, 6) is -0.674. The average molecular weight is 421 g/mol. The molecule has 0 fully saturated rings. The van der Waals surface area contributed by atoms with Crippen LogP contribution in [0.4, 0.5) is 5.69 Å². The van der Waals surface area contributed by atoms with E-state index in [0.29, 0.717) is 10.7 Å². The molecule has 0 aliphatic rings. The highest BCUT2D eigenvalue weighted by molar-refractivity contribution is 7.18. The van der Waals surface area contributed by atoms with E-state index >= 15 is 0 Å². The topological polar surface area (TPSA) is 120 Å². The Labute approximate surface area is 173 Å². The molecule has 10 heteroatoms. The molecule has 0 saturated heterocycles. The number of aryl methyl sites for hydroxylation is 1. The van der Waals surface area contributed by atoms with Crippen LogP contribution in [-0.4, -0.2) is 25.6 Å². The smallest absolute Gasteiger partial charge is 0.294 e. The standard InChI is InChI=1S/C20H15N5O4S/c1-12-10-16(26)19(23-24(12)14-7-3-4-8-15(14)25(28)29)20(27)21-11-18-22-13-6-2-5-9-17(13)30-18/h2-10H,11H2,1H3,(H,21,27). The van der Waals surface area contributed by atoms with Crippen molar-refractivity contribution < 1.29 is 9.72 Å². The molecule has 0 atom stereocenters. The Balaban J connectivity index is 1.64. The van der Waals surface area contributed by atoms with Crippen LogP contribution in [0.25, 0.3) is 15.9 Å². The third-order valence-corrected chi connectivity index (χ3v) is 5.40. The van der Waals surface area contributed by atoms with Gasteiger partial charge in [0.2, 0.25) is 5.43 Å². The second-order valence-electron chi connectivity index (χ2n) is 6.41. The first-order valence-electron chi connectivity index (χ1n) is 8.91. The van der Waals surface area contributed by atoms with Crippen molar-refractivity contribution in [3.8, 4) is 5.69 Å². The minimum absolute atomic E-state index is 0.138. The molecule has 9 nitrogen and oxygen atoms in total. The number of thiazole rings is 1. The number of aromatic nitrogens is 3. The van der Waals surface area contributed by atoms with Gasteiger partial charge in [0.25, 0.3) is 11.6 Å². The Kier molecular flexibility index (Phi) is 5.07. The molecule has 0 spiro atoms. The Morgan fingerprint density at radius 2 is 1.93 bits per heavy atom. The van der Waals surface area contributed by atoms with Crippen LogP contribution in [-0.2, 0) is 6.54 Å². The van der Waals surface area contributed by atoms with E-state index in [-0.39, 0.29) is 23.6 Å². The van der Waals surface area contributed by atoms with Crippen molar-refractivity contribution in [2.45, 2.75) is 13.5 Å². The zero-order valence-electron chi connectivity index (χ0n) is 15.7. The van der Waals surface area contributed by atoms with E-state index in [9.17, 15) is 19.7 Å². The summed E-state index contributed by atoms with van der Waals surface area (Å²) in [5, 5.41) is 18.8. The van der Waals surface area contributed by atoms with Gasteiger partial charge >= 0.3 is 0 Å². The van der Waals surface area contributed by atoms with Crippen molar-refractivity contribution >= 4 is 33.1 Å². The second-order valence-corrected chi connectivity index (χ2v) is 7.53. The Hall–Kier alpha value is -3.92. The summed E-state index contributed by atoms with van der Waals surface area (Å²) >= 11 is 1.44. The van der Waals surface area contributed by atoms with Crippen LogP contribution in [0.15, 0.2) is 59.4 Å². The van der Waals surface area contributed by atoms with E-state index in [1.165, 1.54) is 40.3 Å². The van der Waals surface area contributed by atoms with Gasteiger partial charge in [0.1, 0.15) is 10.7 Å². The number of carbonyl (C=O) groups is 1. The predicted molar refractivity (Wildman–Crippen MR) is 112 cm³/mol. The molecular formula is C20H15N5O4S. The van der Waals surface area contributed by atoms with Crippen LogP contribution in [0.2, 0.25) is 0 Å². The molecule has 2 aromatic carbocycles. The van der Waals surface area contributed by atoms with Gasteiger partial charge in [-0.1, -0.05) is 24.3 Å². The lowest BCUT2D eigenvalue weighted by Crippen LogP contribution is -2.31. The second kappa shape index (κ2) is 7.84. The van der Waals surface area contributed by atoms with Gasteiger partial charge < -0.3 is 5.32 Å². The normalized spacial score (nSPS) is 10.8. The van der Waals surface area contributed by atoms with Gasteiger partial charge in [0, 0.05) is 17.8 Å². The summed E-state index contributed by atoms with van der Waals surface area (Å²) in [6.45, 7) is 1.73. The lowest BCUT2D eigenvalue weighted by Gasteiger charge is -2.11. The molecule has 1 amide bonds. The Morgan fingerprint density at radius 3 is 2.70 bits per heavy atom. The van der Waals surface area contributed by atoms with E-state index in [2.05, 4.69) is 15.4 Å². The fraction of sp³-hybridized carbons (Fsp3) is 0.100. The molecule has 1 N–H and O–H groups in total. The quantitative estimate of drug-likeness (QED) is 0.391. The maximum atomic E-state index is 12.6. The summed E-state index contributed by atoms with van der Waals surface area (Å²) in [6, 6.07) is 14.8. The third kappa shape index (κ3) is 3.67. The third-order valence-electron chi connectivity index (χ3n) is 4.37. The molecule has 0 radical (unpaired) electrons. The molecule has 2 heterocycles. The van der Waals surface area contributed by atoms with Crippen LogP contribution in [0.3, 0.4) is 0 Å². The van der Waals surface area contributed by atoms with E-state index in [4.69, 9.17) is 0 Å². The molecule has 4 rings (SSSR count). The molecule has 0 aliphatic heterocycles. The van der Waals surface area contributed by atoms with Crippen LogP contribution >= 0.6 is 11.3 Å². The van der Waals surface area contributed by atoms with Crippen molar-refractivity contribution in [2.75, 3.05) is 0 Å². The molecule has 0 aliphatic carbocycles. The number of nitrogens with one attached hydrogen (secondary N) is 1. The first kappa shape index (κ1) is 19.4. The number of hydrogen-bond acceptors (Lipinski definition) is 7. The number of para-hydroxylation sites is 3. The van der Waals surface area contributed by atoms with E-state index < -0.39 is 16.3 Å². The first-order chi connectivity index (χ1) is 14.4. The number of carbonyl (C=O) groups excluding carboxylic acids is 1. The highest BCUT2D eigenvalue weighted by Crippen LogP contribution is 2.23. The molecule has 2 aromatic heterocycles. The summed E-state index contributed by atoms with van der Waals surface area (Å²) in [4.78, 5) is 40.2. The van der Waals surface area contributed by atoms with Gasteiger partial charge in [0.05, 0.1) is 21.7 Å². The number of fused-ring (bicyclic) bond motifs is 1. The lowest BCUT2D eigenvalue weighted by atomic mass is 10.2. The maximum Gasteiger partial charge on any atom is 0.294 e. The molecule has 0 unspecified atom stereocenters. The molecule has 0 saturated carbocycles. The maximum absolute atomic E-state index is 12.6. The Bertz CT molecular complexity index is 1310. The number of rotatable bonds is 5. The Morgan fingerprint density at radius 1 is 1.20 bits per heavy atom. The van der Waals surface area contributed by atoms with Crippen LogP contribution in [0.5, 0.6) is 0 Å². The molecular weight excluding hydrogens is 406 g/mol.